The van der Waals surface area contributed by atoms with Crippen LogP contribution in [-0.4, -0.2) is 12.9 Å². The van der Waals surface area contributed by atoms with Crippen LogP contribution < -0.4 is 4.74 Å². The zero-order valence-corrected chi connectivity index (χ0v) is 12.8. The van der Waals surface area contributed by atoms with Crippen LogP contribution in [0.25, 0.3) is 11.3 Å². The Morgan fingerprint density at radius 3 is 2.48 bits per heavy atom. The van der Waals surface area contributed by atoms with Crippen LogP contribution in [0.15, 0.2) is 71.1 Å². The van der Waals surface area contributed by atoms with Crippen molar-refractivity contribution in [3.05, 3.63) is 78.1 Å². The maximum absolute atomic E-state index is 10.8. The first-order chi connectivity index (χ1) is 11.4. The van der Waals surface area contributed by atoms with Gasteiger partial charge in [-0.1, -0.05) is 42.5 Å². The molecular weight excluding hydrogens is 288 g/mol. The van der Waals surface area contributed by atoms with E-state index in [9.17, 15) is 4.79 Å². The van der Waals surface area contributed by atoms with Crippen LogP contribution in [0.3, 0.4) is 0 Å². The molecule has 1 aromatic heterocycles. The molecule has 116 valence electrons. The Hall–Kier alpha value is -2.81. The van der Waals surface area contributed by atoms with E-state index in [-0.39, 0.29) is 0 Å². The molecule has 0 radical (unpaired) electrons. The van der Waals surface area contributed by atoms with Crippen LogP contribution in [0.2, 0.25) is 0 Å². The first kappa shape index (κ1) is 15.1. The molecule has 2 aromatic carbocycles. The monoisotopic (exact) mass is 306 g/mol. The van der Waals surface area contributed by atoms with Crippen molar-refractivity contribution < 1.29 is 13.9 Å². The zero-order chi connectivity index (χ0) is 15.9. The summed E-state index contributed by atoms with van der Waals surface area (Å²) in [5.41, 5.74) is 2.17. The molecule has 0 aliphatic carbocycles. The highest BCUT2D eigenvalue weighted by Crippen LogP contribution is 2.31. The lowest BCUT2D eigenvalue weighted by Gasteiger charge is -2.10. The molecule has 0 aliphatic rings. The van der Waals surface area contributed by atoms with Gasteiger partial charge in [0.15, 0.2) is 12.0 Å². The van der Waals surface area contributed by atoms with Gasteiger partial charge < -0.3 is 9.15 Å². The number of furan rings is 1. The molecule has 0 N–H and O–H groups in total. The number of aldehydes is 1. The Labute approximate surface area is 135 Å². The molecule has 0 amide bonds. The molecule has 3 nitrogen and oxygen atoms in total. The van der Waals surface area contributed by atoms with Gasteiger partial charge in [-0.2, -0.15) is 0 Å². The van der Waals surface area contributed by atoms with Gasteiger partial charge in [0.2, 0.25) is 0 Å². The van der Waals surface area contributed by atoms with Crippen molar-refractivity contribution >= 4 is 6.29 Å². The number of carbonyl (C=O) groups is 1. The molecule has 3 heteroatoms. The highest BCUT2D eigenvalue weighted by Gasteiger charge is 2.10. The number of carbonyl (C=O) groups excluding carboxylic acids is 1. The van der Waals surface area contributed by atoms with Crippen LogP contribution in [0.4, 0.5) is 0 Å². The van der Waals surface area contributed by atoms with Gasteiger partial charge in [-0.05, 0) is 42.7 Å². The Kier molecular flexibility index (Phi) is 4.89. The van der Waals surface area contributed by atoms with E-state index in [0.717, 1.165) is 24.2 Å². The highest BCUT2D eigenvalue weighted by molar-refractivity contribution is 5.74. The normalized spacial score (nSPS) is 10.4. The Bertz CT molecular complexity index is 759. The lowest BCUT2D eigenvalue weighted by molar-refractivity contribution is 0.110. The van der Waals surface area contributed by atoms with Crippen LogP contribution in [-0.2, 0) is 6.42 Å². The van der Waals surface area contributed by atoms with Crippen LogP contribution >= 0.6 is 0 Å². The molecular formula is C20H18O3. The topological polar surface area (TPSA) is 39.4 Å². The second-order valence-corrected chi connectivity index (χ2v) is 5.25. The summed E-state index contributed by atoms with van der Waals surface area (Å²) < 4.78 is 11.4. The van der Waals surface area contributed by atoms with Gasteiger partial charge in [0, 0.05) is 0 Å². The summed E-state index contributed by atoms with van der Waals surface area (Å²) >= 11 is 0. The number of rotatable bonds is 7. The van der Waals surface area contributed by atoms with Gasteiger partial charge in [0.1, 0.15) is 11.5 Å². The van der Waals surface area contributed by atoms with Crippen molar-refractivity contribution in [3.63, 3.8) is 0 Å². The minimum absolute atomic E-state index is 0.318. The van der Waals surface area contributed by atoms with E-state index < -0.39 is 0 Å². The maximum atomic E-state index is 10.8. The Morgan fingerprint density at radius 1 is 0.913 bits per heavy atom. The number of ether oxygens (including phenoxy) is 1. The quantitative estimate of drug-likeness (QED) is 0.466. The number of hydrogen-bond donors (Lipinski definition) is 0. The van der Waals surface area contributed by atoms with Gasteiger partial charge in [-0.15, -0.1) is 0 Å². The standard InChI is InChI=1S/C20H18O3/c21-15-17-12-13-20(23-17)18-10-4-5-11-19(18)22-14-6-9-16-7-2-1-3-8-16/h1-5,7-8,10-13,15H,6,9,14H2. The fourth-order valence-corrected chi connectivity index (χ4v) is 2.46. The van der Waals surface area contributed by atoms with Gasteiger partial charge >= 0.3 is 0 Å². The highest BCUT2D eigenvalue weighted by atomic mass is 16.5. The molecule has 3 rings (SSSR count). The molecule has 23 heavy (non-hydrogen) atoms. The van der Waals surface area contributed by atoms with E-state index in [1.807, 2.05) is 42.5 Å². The molecule has 3 aromatic rings. The molecule has 0 unspecified atom stereocenters. The van der Waals surface area contributed by atoms with Crippen molar-refractivity contribution in [2.24, 2.45) is 0 Å². The number of benzene rings is 2. The fourth-order valence-electron chi connectivity index (χ4n) is 2.46. The summed E-state index contributed by atoms with van der Waals surface area (Å²) in [4.78, 5) is 10.8. The van der Waals surface area contributed by atoms with Gasteiger partial charge in [-0.25, -0.2) is 0 Å². The molecule has 0 bridgehead atoms. The van der Waals surface area contributed by atoms with Crippen molar-refractivity contribution in [2.45, 2.75) is 12.8 Å². The summed E-state index contributed by atoms with van der Waals surface area (Å²) in [5, 5.41) is 0. The predicted octanol–water partition coefficient (Wildman–Crippen LogP) is 4.77. The van der Waals surface area contributed by atoms with E-state index in [1.54, 1.807) is 12.1 Å². The van der Waals surface area contributed by atoms with Gasteiger partial charge in [0.25, 0.3) is 0 Å². The number of aryl methyl sites for hydroxylation is 1. The average Bonchev–Trinajstić information content (AvgIpc) is 3.09. The number of para-hydroxylation sites is 1. The van der Waals surface area contributed by atoms with Crippen LogP contribution in [0.1, 0.15) is 22.5 Å². The minimum atomic E-state index is 0.318. The molecule has 0 aliphatic heterocycles. The van der Waals surface area contributed by atoms with E-state index in [0.29, 0.717) is 24.4 Å². The minimum Gasteiger partial charge on any atom is -0.493 e. The molecule has 0 spiro atoms. The molecule has 0 saturated carbocycles. The summed E-state index contributed by atoms with van der Waals surface area (Å²) in [6.45, 7) is 0.632. The average molecular weight is 306 g/mol. The van der Waals surface area contributed by atoms with E-state index in [4.69, 9.17) is 9.15 Å². The smallest absolute Gasteiger partial charge is 0.185 e. The Morgan fingerprint density at radius 2 is 1.70 bits per heavy atom. The van der Waals surface area contributed by atoms with Crippen molar-refractivity contribution in [2.75, 3.05) is 6.61 Å². The van der Waals surface area contributed by atoms with Crippen molar-refractivity contribution in [3.8, 4) is 17.1 Å². The van der Waals surface area contributed by atoms with Crippen molar-refractivity contribution in [1.29, 1.82) is 0 Å². The first-order valence-corrected chi connectivity index (χ1v) is 7.68. The maximum Gasteiger partial charge on any atom is 0.185 e. The largest absolute Gasteiger partial charge is 0.493 e. The SMILES string of the molecule is O=Cc1ccc(-c2ccccc2OCCCc2ccccc2)o1. The molecule has 0 atom stereocenters. The molecule has 0 saturated heterocycles. The summed E-state index contributed by atoms with van der Waals surface area (Å²) in [6, 6.07) is 21.5. The predicted molar refractivity (Wildman–Crippen MR) is 89.8 cm³/mol. The lowest BCUT2D eigenvalue weighted by Crippen LogP contribution is -2.00. The van der Waals surface area contributed by atoms with Crippen LogP contribution in [0, 0.1) is 0 Å². The zero-order valence-electron chi connectivity index (χ0n) is 12.8. The van der Waals surface area contributed by atoms with Crippen molar-refractivity contribution in [1.82, 2.24) is 0 Å². The first-order valence-electron chi connectivity index (χ1n) is 7.68. The summed E-state index contributed by atoms with van der Waals surface area (Å²) in [5.74, 6) is 1.73. The second-order valence-electron chi connectivity index (χ2n) is 5.25. The van der Waals surface area contributed by atoms with E-state index in [1.165, 1.54) is 5.56 Å². The lowest BCUT2D eigenvalue weighted by atomic mass is 10.1. The van der Waals surface area contributed by atoms with Gasteiger partial charge in [0.05, 0.1) is 12.2 Å². The molecule has 1 heterocycles. The molecule has 0 fully saturated rings. The Balaban J connectivity index is 1.63. The third kappa shape index (κ3) is 3.89. The number of hydrogen-bond acceptors (Lipinski definition) is 3. The van der Waals surface area contributed by atoms with Gasteiger partial charge in [-0.3, -0.25) is 4.79 Å². The third-order valence-electron chi connectivity index (χ3n) is 3.61. The van der Waals surface area contributed by atoms with E-state index in [2.05, 4.69) is 12.1 Å². The van der Waals surface area contributed by atoms with E-state index >= 15 is 0 Å². The second kappa shape index (κ2) is 7.45. The summed E-state index contributed by atoms with van der Waals surface area (Å²) in [7, 11) is 0. The fraction of sp³-hybridized carbons (Fsp3) is 0.150. The third-order valence-corrected chi connectivity index (χ3v) is 3.61. The summed E-state index contributed by atoms with van der Waals surface area (Å²) in [6.07, 6.45) is 2.63. The van der Waals surface area contributed by atoms with Crippen LogP contribution in [0.5, 0.6) is 5.75 Å².